The van der Waals surface area contributed by atoms with Crippen LogP contribution in [0.25, 0.3) is 0 Å². The van der Waals surface area contributed by atoms with Crippen LogP contribution in [0, 0.1) is 5.82 Å². The van der Waals surface area contributed by atoms with Crippen molar-refractivity contribution in [1.82, 2.24) is 9.78 Å². The molecule has 0 atom stereocenters. The molecule has 2 N–H and O–H groups in total. The fourth-order valence-electron chi connectivity index (χ4n) is 2.13. The van der Waals surface area contributed by atoms with Crippen LogP contribution < -0.4 is 10.5 Å². The van der Waals surface area contributed by atoms with Gasteiger partial charge in [0.25, 0.3) is 0 Å². The average molecular weight is 312 g/mol. The lowest BCUT2D eigenvalue weighted by atomic mass is 10.2. The molecule has 0 radical (unpaired) electrons. The molecular weight excluding hydrogens is 293 g/mol. The number of aryl methyl sites for hydroxylation is 2. The Balaban J connectivity index is 2.20. The number of nitrogens with zero attached hydrogens (tertiary/aromatic N) is 2. The third-order valence-electron chi connectivity index (χ3n) is 3.24. The van der Waals surface area contributed by atoms with Gasteiger partial charge in [0, 0.05) is 19.2 Å². The molecule has 0 saturated carbocycles. The minimum atomic E-state index is -0.364. The summed E-state index contributed by atoms with van der Waals surface area (Å²) in [7, 11) is 0. The number of benzene rings is 1. The molecule has 0 bridgehead atoms. The average Bonchev–Trinajstić information content (AvgIpc) is 2.80. The summed E-state index contributed by atoms with van der Waals surface area (Å²) in [5, 5.41) is 5.04. The Morgan fingerprint density at radius 3 is 2.71 bits per heavy atom. The number of hydrogen-bond donors (Lipinski definition) is 1. The quantitative estimate of drug-likeness (QED) is 0.890. The summed E-state index contributed by atoms with van der Waals surface area (Å²) < 4.78 is 20.9. The number of halogens is 2. The Hall–Kier alpha value is -1.59. The molecule has 0 amide bonds. The summed E-state index contributed by atoms with van der Waals surface area (Å²) in [5.74, 6) is 0.0747. The van der Waals surface area contributed by atoms with E-state index in [1.54, 1.807) is 6.07 Å². The monoisotopic (exact) mass is 311 g/mol. The van der Waals surface area contributed by atoms with E-state index in [9.17, 15) is 4.39 Å². The summed E-state index contributed by atoms with van der Waals surface area (Å²) >= 11 is 6.31. The van der Waals surface area contributed by atoms with Crippen LogP contribution in [0.2, 0.25) is 5.02 Å². The van der Waals surface area contributed by atoms with E-state index in [-0.39, 0.29) is 19.0 Å². The van der Waals surface area contributed by atoms with Crippen molar-refractivity contribution in [2.45, 2.75) is 40.0 Å². The molecule has 21 heavy (non-hydrogen) atoms. The van der Waals surface area contributed by atoms with E-state index in [0.717, 1.165) is 17.8 Å². The summed E-state index contributed by atoms with van der Waals surface area (Å²) in [5.41, 5.74) is 7.86. The van der Waals surface area contributed by atoms with Gasteiger partial charge < -0.3 is 10.5 Å². The third kappa shape index (κ3) is 3.54. The van der Waals surface area contributed by atoms with Gasteiger partial charge in [-0.05, 0) is 31.0 Å². The van der Waals surface area contributed by atoms with E-state index in [2.05, 4.69) is 5.10 Å². The highest BCUT2D eigenvalue weighted by molar-refractivity contribution is 6.31. The van der Waals surface area contributed by atoms with Crippen molar-refractivity contribution < 1.29 is 9.13 Å². The van der Waals surface area contributed by atoms with E-state index in [1.165, 1.54) is 12.1 Å². The molecule has 0 saturated heterocycles. The van der Waals surface area contributed by atoms with Gasteiger partial charge >= 0.3 is 0 Å². The predicted octanol–water partition coefficient (Wildman–Crippen LogP) is 3.30. The van der Waals surface area contributed by atoms with Gasteiger partial charge in [-0.25, -0.2) is 4.39 Å². The van der Waals surface area contributed by atoms with Gasteiger partial charge in [-0.15, -0.1) is 0 Å². The van der Waals surface area contributed by atoms with E-state index >= 15 is 0 Å². The lowest BCUT2D eigenvalue weighted by molar-refractivity contribution is 0.291. The Labute approximate surface area is 128 Å². The normalized spacial score (nSPS) is 10.9. The highest BCUT2D eigenvalue weighted by Gasteiger charge is 2.15. The maximum Gasteiger partial charge on any atom is 0.131 e. The van der Waals surface area contributed by atoms with Crippen LogP contribution in [-0.2, 0) is 26.1 Å². The van der Waals surface area contributed by atoms with Crippen molar-refractivity contribution >= 4 is 11.6 Å². The molecule has 0 fully saturated rings. The zero-order valence-corrected chi connectivity index (χ0v) is 13.0. The first-order valence-electron chi connectivity index (χ1n) is 6.95. The van der Waals surface area contributed by atoms with Crippen molar-refractivity contribution in [2.24, 2.45) is 5.73 Å². The van der Waals surface area contributed by atoms with Crippen LogP contribution in [0.4, 0.5) is 4.39 Å². The maximum atomic E-state index is 13.4. The second-order valence-corrected chi connectivity index (χ2v) is 5.04. The summed E-state index contributed by atoms with van der Waals surface area (Å²) in [4.78, 5) is 0. The minimum absolute atomic E-state index is 0.243. The molecule has 0 spiro atoms. The molecule has 0 aliphatic rings. The van der Waals surface area contributed by atoms with E-state index in [1.807, 2.05) is 18.5 Å². The molecule has 2 rings (SSSR count). The van der Waals surface area contributed by atoms with Gasteiger partial charge in [0.15, 0.2) is 0 Å². The number of rotatable bonds is 6. The van der Waals surface area contributed by atoms with E-state index in [4.69, 9.17) is 22.1 Å². The second kappa shape index (κ2) is 6.91. The lowest BCUT2D eigenvalue weighted by Crippen LogP contribution is -2.07. The summed E-state index contributed by atoms with van der Waals surface area (Å²) in [6, 6.07) is 4.45. The Bertz CT molecular complexity index is 628. The fraction of sp³-hybridized carbons (Fsp3) is 0.400. The van der Waals surface area contributed by atoms with Crippen LogP contribution in [0.3, 0.4) is 0 Å². The van der Waals surface area contributed by atoms with Gasteiger partial charge in [-0.1, -0.05) is 18.5 Å². The highest BCUT2D eigenvalue weighted by Crippen LogP contribution is 2.24. The standard InChI is InChI=1S/C15H19ClFN3O/c1-3-13-15(16)14(20(4-2)19-13)9-21-12-6-10(8-18)5-11(17)7-12/h5-7H,3-4,8-9,18H2,1-2H3. The largest absolute Gasteiger partial charge is 0.487 e. The highest BCUT2D eigenvalue weighted by atomic mass is 35.5. The smallest absolute Gasteiger partial charge is 0.131 e. The molecule has 1 aromatic carbocycles. The molecule has 6 heteroatoms. The number of aromatic nitrogens is 2. The maximum absolute atomic E-state index is 13.4. The Morgan fingerprint density at radius 1 is 1.33 bits per heavy atom. The SMILES string of the molecule is CCc1nn(CC)c(COc2cc(F)cc(CN)c2)c1Cl. The zero-order valence-electron chi connectivity index (χ0n) is 12.2. The van der Waals surface area contributed by atoms with Crippen LogP contribution in [0.5, 0.6) is 5.75 Å². The molecule has 4 nitrogen and oxygen atoms in total. The van der Waals surface area contributed by atoms with Crippen molar-refractivity contribution in [2.75, 3.05) is 0 Å². The molecule has 1 heterocycles. The van der Waals surface area contributed by atoms with Gasteiger partial charge in [0.2, 0.25) is 0 Å². The van der Waals surface area contributed by atoms with E-state index in [0.29, 0.717) is 22.9 Å². The molecule has 0 aliphatic heterocycles. The topological polar surface area (TPSA) is 53.1 Å². The Kier molecular flexibility index (Phi) is 5.20. The number of nitrogens with two attached hydrogens (primary N) is 1. The number of hydrogen-bond acceptors (Lipinski definition) is 3. The second-order valence-electron chi connectivity index (χ2n) is 4.66. The molecule has 0 aliphatic carbocycles. The van der Waals surface area contributed by atoms with Crippen molar-refractivity contribution in [3.63, 3.8) is 0 Å². The van der Waals surface area contributed by atoms with E-state index < -0.39 is 0 Å². The van der Waals surface area contributed by atoms with Crippen LogP contribution in [0.15, 0.2) is 18.2 Å². The molecule has 1 aromatic heterocycles. The van der Waals surface area contributed by atoms with Gasteiger partial charge in [0.1, 0.15) is 18.2 Å². The minimum Gasteiger partial charge on any atom is -0.487 e. The Morgan fingerprint density at radius 2 is 2.10 bits per heavy atom. The van der Waals surface area contributed by atoms with Crippen molar-refractivity contribution in [3.05, 3.63) is 46.0 Å². The molecular formula is C15H19ClFN3O. The van der Waals surface area contributed by atoms with Crippen LogP contribution in [-0.4, -0.2) is 9.78 Å². The third-order valence-corrected chi connectivity index (χ3v) is 3.67. The van der Waals surface area contributed by atoms with Gasteiger partial charge in [-0.3, -0.25) is 4.68 Å². The predicted molar refractivity (Wildman–Crippen MR) is 80.9 cm³/mol. The van der Waals surface area contributed by atoms with Gasteiger partial charge in [-0.2, -0.15) is 5.10 Å². The molecule has 2 aromatic rings. The zero-order chi connectivity index (χ0) is 15.4. The van der Waals surface area contributed by atoms with Gasteiger partial charge in [0.05, 0.1) is 16.4 Å². The van der Waals surface area contributed by atoms with Crippen LogP contribution >= 0.6 is 11.6 Å². The first kappa shape index (κ1) is 15.8. The molecule has 114 valence electrons. The lowest BCUT2D eigenvalue weighted by Gasteiger charge is -2.09. The summed E-state index contributed by atoms with van der Waals surface area (Å²) in [6.07, 6.45) is 0.760. The summed E-state index contributed by atoms with van der Waals surface area (Å²) in [6.45, 7) is 5.20. The van der Waals surface area contributed by atoms with Crippen molar-refractivity contribution in [1.29, 1.82) is 0 Å². The first-order valence-corrected chi connectivity index (χ1v) is 7.33. The number of ether oxygens (including phenoxy) is 1. The first-order chi connectivity index (χ1) is 10.1. The fourth-order valence-corrected chi connectivity index (χ4v) is 2.45. The van der Waals surface area contributed by atoms with Crippen molar-refractivity contribution in [3.8, 4) is 5.75 Å². The molecule has 0 unspecified atom stereocenters. The van der Waals surface area contributed by atoms with Crippen LogP contribution in [0.1, 0.15) is 30.8 Å².